The van der Waals surface area contributed by atoms with Gasteiger partial charge in [0.1, 0.15) is 0 Å². The number of hydrogen-bond donors (Lipinski definition) is 3. The Labute approximate surface area is 104 Å². The molecule has 4 N–H and O–H groups in total. The minimum Gasteiger partial charge on any atom is -0.322 e. The van der Waals surface area contributed by atoms with Crippen LogP contribution >= 0.6 is 0 Å². The van der Waals surface area contributed by atoms with Crippen molar-refractivity contribution in [2.75, 3.05) is 11.9 Å². The highest BCUT2D eigenvalue weighted by Gasteiger charge is 2.06. The van der Waals surface area contributed by atoms with Gasteiger partial charge in [-0.1, -0.05) is 17.9 Å². The van der Waals surface area contributed by atoms with E-state index in [0.717, 1.165) is 5.56 Å². The third-order valence-corrected chi connectivity index (χ3v) is 2.22. The summed E-state index contributed by atoms with van der Waals surface area (Å²) in [6, 6.07) is 7.27. The fourth-order valence-electron chi connectivity index (χ4n) is 1.41. The largest absolute Gasteiger partial charge is 0.322 e. The van der Waals surface area contributed by atoms with Gasteiger partial charge in [0.05, 0.1) is 18.3 Å². The molecular weight excluding hydrogens is 228 g/mol. The van der Waals surface area contributed by atoms with E-state index in [1.165, 1.54) is 12.4 Å². The Bertz CT molecular complexity index is 593. The minimum atomic E-state index is -0.215. The molecule has 0 fully saturated rings. The predicted octanol–water partition coefficient (Wildman–Crippen LogP) is 0.972. The zero-order valence-electron chi connectivity index (χ0n) is 9.60. The minimum absolute atomic E-state index is 0.215. The van der Waals surface area contributed by atoms with E-state index >= 15 is 0 Å². The molecule has 0 atom stereocenters. The van der Waals surface area contributed by atoms with Gasteiger partial charge < -0.3 is 11.1 Å². The van der Waals surface area contributed by atoms with Crippen LogP contribution in [0.5, 0.6) is 0 Å². The van der Waals surface area contributed by atoms with Gasteiger partial charge in [-0.05, 0) is 18.2 Å². The van der Waals surface area contributed by atoms with Crippen LogP contribution in [0.2, 0.25) is 0 Å². The number of anilines is 1. The predicted molar refractivity (Wildman–Crippen MR) is 68.9 cm³/mol. The molecule has 0 unspecified atom stereocenters. The lowest BCUT2D eigenvalue weighted by Gasteiger charge is -2.03. The van der Waals surface area contributed by atoms with Crippen molar-refractivity contribution in [2.24, 2.45) is 5.73 Å². The van der Waals surface area contributed by atoms with E-state index in [4.69, 9.17) is 5.73 Å². The van der Waals surface area contributed by atoms with Crippen LogP contribution in [-0.4, -0.2) is 22.6 Å². The first kappa shape index (κ1) is 11.9. The van der Waals surface area contributed by atoms with Crippen LogP contribution in [0.25, 0.3) is 0 Å². The number of rotatable bonds is 2. The standard InChI is InChI=1S/C13H12N4O/c14-6-2-4-10-3-1-5-12(7-10)17-13(18)11-8-15-16-9-11/h1,3,5,7-9H,6,14H2,(H,15,16)(H,17,18). The highest BCUT2D eigenvalue weighted by molar-refractivity contribution is 6.03. The van der Waals surface area contributed by atoms with Gasteiger partial charge in [-0.15, -0.1) is 0 Å². The van der Waals surface area contributed by atoms with E-state index in [1.807, 2.05) is 12.1 Å². The van der Waals surface area contributed by atoms with E-state index in [0.29, 0.717) is 17.8 Å². The molecule has 5 heteroatoms. The lowest BCUT2D eigenvalue weighted by atomic mass is 10.2. The fraction of sp³-hybridized carbons (Fsp3) is 0.0769. The summed E-state index contributed by atoms with van der Waals surface area (Å²) in [6.45, 7) is 0.311. The first-order valence-corrected chi connectivity index (χ1v) is 5.39. The van der Waals surface area contributed by atoms with Gasteiger partial charge in [0.15, 0.2) is 0 Å². The molecule has 1 aromatic heterocycles. The lowest BCUT2D eigenvalue weighted by Crippen LogP contribution is -2.10. The summed E-state index contributed by atoms with van der Waals surface area (Å²) in [5, 5.41) is 9.07. The van der Waals surface area contributed by atoms with Gasteiger partial charge >= 0.3 is 0 Å². The molecule has 0 aliphatic heterocycles. The number of benzene rings is 1. The average Bonchev–Trinajstić information content (AvgIpc) is 2.91. The first-order chi connectivity index (χ1) is 8.79. The van der Waals surface area contributed by atoms with Crippen LogP contribution in [0.3, 0.4) is 0 Å². The molecule has 0 bridgehead atoms. The quantitative estimate of drug-likeness (QED) is 0.684. The summed E-state index contributed by atoms with van der Waals surface area (Å²) >= 11 is 0. The number of carbonyl (C=O) groups excluding carboxylic acids is 1. The normalized spacial score (nSPS) is 9.39. The van der Waals surface area contributed by atoms with Crippen molar-refractivity contribution in [3.05, 3.63) is 47.8 Å². The van der Waals surface area contributed by atoms with Crippen LogP contribution in [0, 0.1) is 11.8 Å². The highest BCUT2D eigenvalue weighted by atomic mass is 16.1. The molecule has 0 aliphatic rings. The van der Waals surface area contributed by atoms with Crippen LogP contribution in [0.4, 0.5) is 5.69 Å². The third kappa shape index (κ3) is 2.97. The number of nitrogens with zero attached hydrogens (tertiary/aromatic N) is 1. The van der Waals surface area contributed by atoms with Gasteiger partial charge in [-0.25, -0.2) is 0 Å². The number of nitrogens with two attached hydrogens (primary N) is 1. The molecule has 0 saturated carbocycles. The van der Waals surface area contributed by atoms with Crippen molar-refractivity contribution in [1.82, 2.24) is 10.2 Å². The summed E-state index contributed by atoms with van der Waals surface area (Å²) in [5.74, 6) is 5.46. The van der Waals surface area contributed by atoms with Gasteiger partial charge in [0.2, 0.25) is 0 Å². The number of aromatic nitrogens is 2. The molecule has 0 spiro atoms. The van der Waals surface area contributed by atoms with Crippen molar-refractivity contribution in [3.63, 3.8) is 0 Å². The Kier molecular flexibility index (Phi) is 3.74. The topological polar surface area (TPSA) is 83.8 Å². The SMILES string of the molecule is NCC#Cc1cccc(NC(=O)c2cn[nH]c2)c1. The van der Waals surface area contributed by atoms with Crippen LogP contribution in [-0.2, 0) is 0 Å². The van der Waals surface area contributed by atoms with Crippen molar-refractivity contribution in [2.45, 2.75) is 0 Å². The zero-order chi connectivity index (χ0) is 12.8. The monoisotopic (exact) mass is 240 g/mol. The van der Waals surface area contributed by atoms with Gasteiger partial charge in [-0.2, -0.15) is 5.10 Å². The smallest absolute Gasteiger partial charge is 0.258 e. The Morgan fingerprint density at radius 3 is 3.11 bits per heavy atom. The average molecular weight is 240 g/mol. The summed E-state index contributed by atoms with van der Waals surface area (Å²) in [4.78, 5) is 11.8. The Morgan fingerprint density at radius 1 is 1.50 bits per heavy atom. The molecule has 2 rings (SSSR count). The maximum absolute atomic E-state index is 11.8. The maximum Gasteiger partial charge on any atom is 0.258 e. The molecule has 18 heavy (non-hydrogen) atoms. The Morgan fingerprint density at radius 2 is 2.39 bits per heavy atom. The number of amides is 1. The van der Waals surface area contributed by atoms with Crippen molar-refractivity contribution in [1.29, 1.82) is 0 Å². The number of hydrogen-bond acceptors (Lipinski definition) is 3. The molecule has 0 saturated heterocycles. The number of carbonyl (C=O) groups is 1. The third-order valence-electron chi connectivity index (χ3n) is 2.22. The second-order valence-electron chi connectivity index (χ2n) is 3.53. The van der Waals surface area contributed by atoms with Crippen molar-refractivity contribution < 1.29 is 4.79 Å². The second-order valence-corrected chi connectivity index (χ2v) is 3.53. The van der Waals surface area contributed by atoms with E-state index in [1.54, 1.807) is 12.1 Å². The van der Waals surface area contributed by atoms with Crippen LogP contribution in [0.1, 0.15) is 15.9 Å². The molecule has 0 radical (unpaired) electrons. The number of aromatic amines is 1. The molecule has 1 heterocycles. The molecule has 1 aromatic carbocycles. The second kappa shape index (κ2) is 5.66. The summed E-state index contributed by atoms with van der Waals surface area (Å²) in [7, 11) is 0. The van der Waals surface area contributed by atoms with Crippen molar-refractivity contribution >= 4 is 11.6 Å². The van der Waals surface area contributed by atoms with Gasteiger partial charge in [-0.3, -0.25) is 9.89 Å². The number of H-pyrrole nitrogens is 1. The molecule has 90 valence electrons. The van der Waals surface area contributed by atoms with Crippen molar-refractivity contribution in [3.8, 4) is 11.8 Å². The molecule has 1 amide bonds. The molecular formula is C13H12N4O. The lowest BCUT2D eigenvalue weighted by molar-refractivity contribution is 0.102. The highest BCUT2D eigenvalue weighted by Crippen LogP contribution is 2.11. The summed E-state index contributed by atoms with van der Waals surface area (Å²) in [6.07, 6.45) is 3.00. The zero-order valence-corrected chi connectivity index (χ0v) is 9.60. The maximum atomic E-state index is 11.8. The number of nitrogens with one attached hydrogen (secondary N) is 2. The van der Waals surface area contributed by atoms with Crippen LogP contribution < -0.4 is 11.1 Å². The summed E-state index contributed by atoms with van der Waals surface area (Å²) in [5.41, 5.74) is 7.28. The summed E-state index contributed by atoms with van der Waals surface area (Å²) < 4.78 is 0. The van der Waals surface area contributed by atoms with E-state index in [-0.39, 0.29) is 5.91 Å². The van der Waals surface area contributed by atoms with E-state index in [9.17, 15) is 4.79 Å². The van der Waals surface area contributed by atoms with Gasteiger partial charge in [0.25, 0.3) is 5.91 Å². The molecule has 2 aromatic rings. The van der Waals surface area contributed by atoms with Crippen LogP contribution in [0.15, 0.2) is 36.7 Å². The fourth-order valence-corrected chi connectivity index (χ4v) is 1.41. The Hall–Kier alpha value is -2.58. The Balaban J connectivity index is 2.12. The van der Waals surface area contributed by atoms with E-state index < -0.39 is 0 Å². The van der Waals surface area contributed by atoms with E-state index in [2.05, 4.69) is 27.4 Å². The molecule has 0 aliphatic carbocycles. The first-order valence-electron chi connectivity index (χ1n) is 5.39. The molecule has 5 nitrogen and oxygen atoms in total. The van der Waals surface area contributed by atoms with Gasteiger partial charge in [0, 0.05) is 17.4 Å².